The lowest BCUT2D eigenvalue weighted by Crippen LogP contribution is -2.69. The van der Waals surface area contributed by atoms with Crippen LogP contribution in [0.15, 0.2) is 221 Å². The molecule has 2 aliphatic rings. The fourth-order valence-corrected chi connectivity index (χ4v) is 18.8. The molecule has 0 radical (unpaired) electrons. The van der Waals surface area contributed by atoms with Gasteiger partial charge in [0.1, 0.15) is 48.7 Å². The molecule has 9 N–H and O–H groups in total. The lowest BCUT2D eigenvalue weighted by Gasteiger charge is -2.48. The quantitative estimate of drug-likeness (QED) is 0.0202. The summed E-state index contributed by atoms with van der Waals surface area (Å²) >= 11 is 0. The zero-order valence-electron chi connectivity index (χ0n) is 89.6. The molecule has 2 rings (SSSR count). The fourth-order valence-electron chi connectivity index (χ4n) is 16.6. The molecule has 2 saturated heterocycles. The van der Waals surface area contributed by atoms with Crippen molar-refractivity contribution in [2.45, 2.75) is 471 Å². The second-order valence-electron chi connectivity index (χ2n) is 40.3. The van der Waals surface area contributed by atoms with Gasteiger partial charge in [0.2, 0.25) is 11.8 Å². The first kappa shape index (κ1) is 127. The minimum absolute atomic E-state index is 0.0308. The van der Waals surface area contributed by atoms with E-state index in [1.807, 2.05) is 6.92 Å². The van der Waals surface area contributed by atoms with Crippen molar-refractivity contribution in [2.75, 3.05) is 19.8 Å². The summed E-state index contributed by atoms with van der Waals surface area (Å²) in [4.78, 5) is 45.4. The minimum Gasteiger partial charge on any atom is -0.394 e. The molecular weight excluding hydrogens is 1760 g/mol. The van der Waals surface area contributed by atoms with Crippen LogP contribution in [0.1, 0.15) is 410 Å². The van der Waals surface area contributed by atoms with Crippen LogP contribution in [0.25, 0.3) is 0 Å². The maximum atomic E-state index is 13.2. The molecule has 0 aliphatic carbocycles. The Morgan fingerprint density at radius 3 is 0.745 bits per heavy atom. The van der Waals surface area contributed by atoms with Gasteiger partial charge in [-0.25, -0.2) is 9.13 Å². The summed E-state index contributed by atoms with van der Waals surface area (Å²) in [5, 5.41) is 57.3. The standard InChI is InChI=1S/C116H192N2O17P2/c1-85(2)43-24-44-86(3)45-25-46-87(4)47-26-48-88(5)49-27-50-89(6)51-28-52-90(7)53-29-54-91(8)55-30-56-92(9)57-31-58-93(10)59-32-60-94(11)61-33-62-95(12)63-34-64-96(13)65-35-66-97(14)67-36-68-98(15)69-37-70-99(16)71-38-72-100(17)73-39-74-101(18)75-40-76-102(19)77-41-78-103(20)79-42-80-104(21)81-82-130-136(126,127)135-137(128,129)134-116-110(118-106(23)122)113(125)114(108(84-120)132-116)133-115-109(117-105(22)121)112(124)111(123)107(83-119)131-115/h43,45,47,49,51,53,55,57,59,61,63,65,67,69,71,73,75,77,79,104,107-116,119-120,123-125H,24-42,44,46,48,50,52,54,56,58,60,62,64,66,68,70,72,74,76,78,80-84H2,1-23H3,(H,117,121)(H,118,122)(H,126,127)(H,128,129)/b86-45+,87-47+,88-49+,89-51+,90-53+,91-55+,92-57+,93-59+,94-61+,95-63+,96-65+,97-67+,98-69+,99-71+,100-73+,101-75+,102-77+,103-79+/t104?,107-,108-,109-,110-,111-,112-,113-,114-,115+,116-/m1/s1. The van der Waals surface area contributed by atoms with Crippen LogP contribution in [-0.2, 0) is 46.3 Å². The van der Waals surface area contributed by atoms with Gasteiger partial charge in [-0.2, -0.15) is 4.31 Å². The Hall–Kier alpha value is -6.06. The normalized spacial score (nSPS) is 22.2. The number of carbonyl (C=O) groups excluding carboxylic acids is 2. The highest BCUT2D eigenvalue weighted by atomic mass is 31.3. The summed E-state index contributed by atoms with van der Waals surface area (Å²) in [6, 6.07) is -3.26. The van der Waals surface area contributed by atoms with Gasteiger partial charge in [-0.05, 0) is 395 Å². The Morgan fingerprint density at radius 1 is 0.299 bits per heavy atom. The van der Waals surface area contributed by atoms with Gasteiger partial charge in [-0.15, -0.1) is 0 Å². The number of phosphoric ester groups is 2. The van der Waals surface area contributed by atoms with Crippen molar-refractivity contribution in [3.63, 3.8) is 0 Å². The maximum absolute atomic E-state index is 13.2. The topological polar surface area (TPSA) is 289 Å². The first-order valence-corrected chi connectivity index (χ1v) is 54.8. The zero-order valence-corrected chi connectivity index (χ0v) is 91.4. The fraction of sp³-hybridized carbons (Fsp3) is 0.655. The van der Waals surface area contributed by atoms with E-state index in [9.17, 15) is 54.0 Å². The molecule has 3 unspecified atom stereocenters. The molecule has 0 bridgehead atoms. The summed E-state index contributed by atoms with van der Waals surface area (Å²) < 4.78 is 57.8. The van der Waals surface area contributed by atoms with Gasteiger partial charge in [0.25, 0.3) is 0 Å². The number of ether oxygens (including phenoxy) is 3. The van der Waals surface area contributed by atoms with Gasteiger partial charge in [-0.3, -0.25) is 18.6 Å². The summed E-state index contributed by atoms with van der Waals surface area (Å²) in [5.41, 5.74) is 28.0. The molecule has 2 fully saturated rings. The highest BCUT2D eigenvalue weighted by Crippen LogP contribution is 2.61. The third kappa shape index (κ3) is 64.3. The number of allylic oxidation sites excluding steroid dienone is 38. The van der Waals surface area contributed by atoms with Crippen LogP contribution in [0.3, 0.4) is 0 Å². The third-order valence-electron chi connectivity index (χ3n) is 25.9. The van der Waals surface area contributed by atoms with Gasteiger partial charge in [0.05, 0.1) is 19.8 Å². The van der Waals surface area contributed by atoms with E-state index in [4.69, 9.17) is 23.3 Å². The molecule has 137 heavy (non-hydrogen) atoms. The number of phosphoric acid groups is 2. The average molecular weight is 1950 g/mol. The SMILES string of the molecule is CC(=O)N[C@H]1[C@@H](OP(=O)(O)OP(=O)(O)OCCC(C)CC/C=C(\C)CC/C=C(\C)CC/C=C(\C)CC/C=C(\C)CC/C=C(\C)CC/C=C(\C)CC/C=C(\C)CC/C=C(\C)CC/C=C(\C)CC/C=C(\C)CC/C=C(\C)CC/C=C(\C)CC/C=C(\C)CC/C=C(\C)CC/C=C(\C)CC/C=C(\C)CC/C=C(\C)CC/C=C(\C)CCC=C(C)C)O[C@H](CO)[C@@H](O[C@@H]2O[C@H](CO)[C@@H](O)[C@H](O)[C@H]2NC(C)=O)[C@@H]1O. The van der Waals surface area contributed by atoms with E-state index in [1.165, 1.54) is 125 Å². The number of rotatable bonds is 71. The molecular formula is C116H192N2O17P2. The Labute approximate surface area is 832 Å². The van der Waals surface area contributed by atoms with Gasteiger partial charge in [-0.1, -0.05) is 228 Å². The number of nitrogens with one attached hydrogen (secondary N) is 2. The van der Waals surface area contributed by atoms with E-state index in [-0.39, 0.29) is 12.5 Å². The van der Waals surface area contributed by atoms with E-state index in [2.05, 4.69) is 269 Å². The molecule has 21 heteroatoms. The molecule has 778 valence electrons. The smallest absolute Gasteiger partial charge is 0.394 e. The van der Waals surface area contributed by atoms with Crippen LogP contribution in [0.2, 0.25) is 0 Å². The largest absolute Gasteiger partial charge is 0.483 e. The van der Waals surface area contributed by atoms with E-state index in [1.54, 1.807) is 0 Å². The van der Waals surface area contributed by atoms with Crippen molar-refractivity contribution in [1.82, 2.24) is 10.6 Å². The monoisotopic (exact) mass is 1950 g/mol. The van der Waals surface area contributed by atoms with Crippen LogP contribution in [0.4, 0.5) is 0 Å². The van der Waals surface area contributed by atoms with Gasteiger partial charge < -0.3 is 60.2 Å². The molecule has 0 spiro atoms. The molecule has 0 aromatic heterocycles. The van der Waals surface area contributed by atoms with E-state index in [0.29, 0.717) is 6.42 Å². The summed E-state index contributed by atoms with van der Waals surface area (Å²) in [6.07, 6.45) is 74.0. The highest BCUT2D eigenvalue weighted by Gasteiger charge is 2.54. The molecule has 0 aromatic carbocycles. The Balaban J connectivity index is 1.58. The molecule has 0 saturated carbocycles. The lowest BCUT2D eigenvalue weighted by atomic mass is 9.94. The highest BCUT2D eigenvalue weighted by molar-refractivity contribution is 7.61. The number of amides is 2. The van der Waals surface area contributed by atoms with Crippen molar-refractivity contribution in [3.05, 3.63) is 221 Å². The maximum Gasteiger partial charge on any atom is 0.483 e. The zero-order chi connectivity index (χ0) is 102. The number of hydrogen-bond acceptors (Lipinski definition) is 15. The van der Waals surface area contributed by atoms with Gasteiger partial charge in [0.15, 0.2) is 12.6 Å². The number of aliphatic hydroxyl groups excluding tert-OH is 5. The summed E-state index contributed by atoms with van der Waals surface area (Å²) in [5.74, 6) is -1.46. The van der Waals surface area contributed by atoms with Crippen LogP contribution >= 0.6 is 15.6 Å². The first-order valence-electron chi connectivity index (χ1n) is 51.8. The summed E-state index contributed by atoms with van der Waals surface area (Å²) in [7, 11) is -10.9. The average Bonchev–Trinajstić information content (AvgIpc) is 0.772. The molecule has 2 aliphatic heterocycles. The van der Waals surface area contributed by atoms with E-state index in [0.717, 1.165) is 239 Å². The number of hydrogen-bond donors (Lipinski definition) is 9. The predicted octanol–water partition coefficient (Wildman–Crippen LogP) is 30.0. The molecule has 2 heterocycles. The number of carbonyl (C=O) groups is 2. The van der Waals surface area contributed by atoms with Crippen LogP contribution < -0.4 is 10.6 Å². The molecule has 19 nitrogen and oxygen atoms in total. The lowest BCUT2D eigenvalue weighted by molar-refractivity contribution is -0.325. The molecule has 2 amide bonds. The second kappa shape index (κ2) is 73.9. The first-order chi connectivity index (χ1) is 64.9. The van der Waals surface area contributed by atoms with Crippen molar-refractivity contribution >= 4 is 27.5 Å². The van der Waals surface area contributed by atoms with Crippen LogP contribution in [-0.4, -0.2) is 128 Å². The van der Waals surface area contributed by atoms with Gasteiger partial charge in [0, 0.05) is 13.8 Å². The Morgan fingerprint density at radius 2 is 0.518 bits per heavy atom. The summed E-state index contributed by atoms with van der Waals surface area (Å²) in [6.45, 7) is 47.4. The Kier molecular flexibility index (Phi) is 68.5. The minimum atomic E-state index is -5.62. The van der Waals surface area contributed by atoms with E-state index >= 15 is 0 Å². The third-order valence-corrected chi connectivity index (χ3v) is 28.5. The van der Waals surface area contributed by atoms with Crippen LogP contribution in [0.5, 0.6) is 0 Å². The molecule has 0 aromatic rings. The van der Waals surface area contributed by atoms with Crippen molar-refractivity contribution in [2.24, 2.45) is 5.92 Å². The second-order valence-corrected chi connectivity index (χ2v) is 43.3. The van der Waals surface area contributed by atoms with Crippen molar-refractivity contribution in [1.29, 1.82) is 0 Å². The Bertz CT molecular complexity index is 4270. The number of aliphatic hydroxyl groups is 5. The molecule has 13 atom stereocenters. The van der Waals surface area contributed by atoms with Gasteiger partial charge >= 0.3 is 15.6 Å². The van der Waals surface area contributed by atoms with E-state index < -0.39 is 102 Å². The van der Waals surface area contributed by atoms with Crippen molar-refractivity contribution in [3.8, 4) is 0 Å². The van der Waals surface area contributed by atoms with Crippen LogP contribution in [0, 0.1) is 5.92 Å². The van der Waals surface area contributed by atoms with Crippen molar-refractivity contribution < 1.29 is 81.6 Å². The predicted molar refractivity (Wildman–Crippen MR) is 574 cm³/mol.